The first-order valence-electron chi connectivity index (χ1n) is 6.43. The lowest BCUT2D eigenvalue weighted by Crippen LogP contribution is -2.14. The maximum absolute atomic E-state index is 12.7. The average molecular weight is 347 g/mol. The molecular weight excluding hydrogens is 343 g/mol. The fraction of sp³-hybridized carbons (Fsp3) is 0. The average Bonchev–Trinajstić information content (AvgIpc) is 2.83. The molecule has 0 spiro atoms. The lowest BCUT2D eigenvalue weighted by Gasteiger charge is -2.05. The summed E-state index contributed by atoms with van der Waals surface area (Å²) < 4.78 is 4.49. The highest BCUT2D eigenvalue weighted by Crippen LogP contribution is 2.34. The van der Waals surface area contributed by atoms with E-state index in [1.54, 1.807) is 12.1 Å². The summed E-state index contributed by atoms with van der Waals surface area (Å²) in [5, 5.41) is -1.15. The van der Waals surface area contributed by atoms with E-state index in [-0.39, 0.29) is 42.4 Å². The Morgan fingerprint density at radius 3 is 1.43 bits per heavy atom. The normalized spacial score (nSPS) is 11.7. The van der Waals surface area contributed by atoms with E-state index in [2.05, 4.69) is 4.42 Å². The highest BCUT2D eigenvalue weighted by molar-refractivity contribution is 6.47. The van der Waals surface area contributed by atoms with Crippen molar-refractivity contribution in [2.45, 2.75) is 0 Å². The smallest absolute Gasteiger partial charge is 0.348 e. The van der Waals surface area contributed by atoms with Gasteiger partial charge in [0.15, 0.2) is 10.9 Å². The third-order valence-electron chi connectivity index (χ3n) is 3.84. The monoisotopic (exact) mass is 346 g/mol. The molecule has 1 heterocycles. The van der Waals surface area contributed by atoms with E-state index in [0.717, 1.165) is 0 Å². The van der Waals surface area contributed by atoms with Crippen LogP contribution < -0.4 is 22.1 Å². The summed E-state index contributed by atoms with van der Waals surface area (Å²) in [6.07, 6.45) is 0. The van der Waals surface area contributed by atoms with Crippen LogP contribution in [0, 0.1) is 0 Å². The van der Waals surface area contributed by atoms with Crippen LogP contribution in [0.1, 0.15) is 0 Å². The summed E-state index contributed by atoms with van der Waals surface area (Å²) in [7, 11) is 0. The third kappa shape index (κ3) is 1.63. The summed E-state index contributed by atoms with van der Waals surface area (Å²) >= 11 is 12.3. The molecule has 4 rings (SSSR count). The SMILES string of the molecule is O=c1oc(=O)c2c(Cl)c3c(=O)c4ccccc4c(=O)c3c(Cl)c12. The predicted octanol–water partition coefficient (Wildman–Crippen LogP) is 2.36. The van der Waals surface area contributed by atoms with Gasteiger partial charge in [-0.1, -0.05) is 47.5 Å². The number of hydrogen-bond donors (Lipinski definition) is 0. The molecule has 0 unspecified atom stereocenters. The van der Waals surface area contributed by atoms with Crippen LogP contribution in [0.2, 0.25) is 10.0 Å². The number of rotatable bonds is 0. The zero-order valence-electron chi connectivity index (χ0n) is 11.1. The molecule has 112 valence electrons. The first-order valence-corrected chi connectivity index (χ1v) is 7.19. The molecule has 0 fully saturated rings. The van der Waals surface area contributed by atoms with Gasteiger partial charge in [0, 0.05) is 10.8 Å². The van der Waals surface area contributed by atoms with Crippen LogP contribution in [0.15, 0.2) is 47.9 Å². The molecular formula is C16H4Cl2O5. The first-order chi connectivity index (χ1) is 10.9. The van der Waals surface area contributed by atoms with Crippen molar-refractivity contribution in [2.75, 3.05) is 0 Å². The maximum atomic E-state index is 12.7. The molecule has 0 aliphatic carbocycles. The molecule has 0 amide bonds. The van der Waals surface area contributed by atoms with Gasteiger partial charge in [0.1, 0.15) is 0 Å². The minimum atomic E-state index is -0.987. The van der Waals surface area contributed by atoms with E-state index >= 15 is 0 Å². The molecule has 5 nitrogen and oxygen atoms in total. The van der Waals surface area contributed by atoms with Crippen molar-refractivity contribution in [3.05, 3.63) is 75.6 Å². The van der Waals surface area contributed by atoms with Crippen LogP contribution in [-0.4, -0.2) is 0 Å². The summed E-state index contributed by atoms with van der Waals surface area (Å²) in [6, 6.07) is 6.18. The Hall–Kier alpha value is -2.50. The van der Waals surface area contributed by atoms with Gasteiger partial charge >= 0.3 is 11.3 Å². The van der Waals surface area contributed by atoms with Crippen LogP contribution in [0.25, 0.3) is 32.3 Å². The van der Waals surface area contributed by atoms with Crippen molar-refractivity contribution in [2.24, 2.45) is 0 Å². The Balaban J connectivity index is 2.56. The molecule has 0 bridgehead atoms. The summed E-state index contributed by atoms with van der Waals surface area (Å²) in [5.74, 6) is 0. The molecule has 7 heteroatoms. The quantitative estimate of drug-likeness (QED) is 0.456. The van der Waals surface area contributed by atoms with Crippen molar-refractivity contribution >= 4 is 55.5 Å². The number of benzene rings is 3. The summed E-state index contributed by atoms with van der Waals surface area (Å²) in [5.41, 5.74) is -3.04. The van der Waals surface area contributed by atoms with Gasteiger partial charge in [0.05, 0.1) is 31.6 Å². The van der Waals surface area contributed by atoms with Gasteiger partial charge in [-0.25, -0.2) is 9.59 Å². The highest BCUT2D eigenvalue weighted by atomic mass is 35.5. The van der Waals surface area contributed by atoms with E-state index in [1.165, 1.54) is 12.1 Å². The van der Waals surface area contributed by atoms with Crippen LogP contribution in [-0.2, 0) is 0 Å². The van der Waals surface area contributed by atoms with Gasteiger partial charge in [0.25, 0.3) is 0 Å². The second kappa shape index (κ2) is 4.50. The van der Waals surface area contributed by atoms with Crippen molar-refractivity contribution < 1.29 is 4.42 Å². The van der Waals surface area contributed by atoms with Gasteiger partial charge in [-0.05, 0) is 0 Å². The van der Waals surface area contributed by atoms with E-state index < -0.39 is 22.1 Å². The zero-order chi connectivity index (χ0) is 16.5. The third-order valence-corrected chi connectivity index (χ3v) is 4.60. The lowest BCUT2D eigenvalue weighted by atomic mass is 10.00. The molecule has 3 aromatic carbocycles. The van der Waals surface area contributed by atoms with Crippen LogP contribution >= 0.6 is 23.2 Å². The molecule has 0 radical (unpaired) electrons. The Kier molecular flexibility index (Phi) is 2.76. The van der Waals surface area contributed by atoms with E-state index in [9.17, 15) is 19.2 Å². The van der Waals surface area contributed by atoms with Crippen molar-refractivity contribution in [3.63, 3.8) is 0 Å². The van der Waals surface area contributed by atoms with Gasteiger partial charge in [0.2, 0.25) is 0 Å². The topological polar surface area (TPSA) is 81.4 Å². The highest BCUT2D eigenvalue weighted by Gasteiger charge is 2.24. The zero-order valence-corrected chi connectivity index (χ0v) is 12.6. The minimum absolute atomic E-state index is 0.167. The number of hydrogen-bond acceptors (Lipinski definition) is 5. The molecule has 0 aliphatic heterocycles. The Morgan fingerprint density at radius 1 is 0.652 bits per heavy atom. The second-order valence-corrected chi connectivity index (χ2v) is 5.76. The van der Waals surface area contributed by atoms with Crippen LogP contribution in [0.4, 0.5) is 0 Å². The van der Waals surface area contributed by atoms with Crippen LogP contribution in [0.5, 0.6) is 0 Å². The van der Waals surface area contributed by atoms with Crippen molar-refractivity contribution in [1.82, 2.24) is 0 Å². The van der Waals surface area contributed by atoms with Crippen molar-refractivity contribution in [3.8, 4) is 0 Å². The molecule has 0 saturated heterocycles. The molecule has 0 aliphatic rings. The minimum Gasteiger partial charge on any atom is -0.386 e. The van der Waals surface area contributed by atoms with E-state index in [4.69, 9.17) is 23.2 Å². The Labute approximate surface area is 136 Å². The van der Waals surface area contributed by atoms with E-state index in [0.29, 0.717) is 0 Å². The van der Waals surface area contributed by atoms with Gasteiger partial charge in [-0.2, -0.15) is 0 Å². The first kappa shape index (κ1) is 14.1. The van der Waals surface area contributed by atoms with Crippen LogP contribution in [0.3, 0.4) is 0 Å². The second-order valence-electron chi connectivity index (χ2n) is 5.01. The molecule has 0 atom stereocenters. The van der Waals surface area contributed by atoms with Gasteiger partial charge in [-0.3, -0.25) is 9.59 Å². The molecule has 0 saturated carbocycles. The number of fused-ring (bicyclic) bond motifs is 3. The predicted molar refractivity (Wildman–Crippen MR) is 88.7 cm³/mol. The van der Waals surface area contributed by atoms with E-state index in [1.807, 2.05) is 0 Å². The number of halogens is 2. The largest absolute Gasteiger partial charge is 0.386 e. The maximum Gasteiger partial charge on any atom is 0.348 e. The molecule has 4 aromatic rings. The lowest BCUT2D eigenvalue weighted by molar-refractivity contribution is 0.500. The Morgan fingerprint density at radius 2 is 1.04 bits per heavy atom. The molecule has 23 heavy (non-hydrogen) atoms. The molecule has 1 aromatic heterocycles. The fourth-order valence-corrected chi connectivity index (χ4v) is 3.54. The molecule has 0 N–H and O–H groups in total. The van der Waals surface area contributed by atoms with Gasteiger partial charge in [-0.15, -0.1) is 0 Å². The number of furan rings is 1. The summed E-state index contributed by atoms with van der Waals surface area (Å²) in [6.45, 7) is 0. The standard InChI is InChI=1S/C16H4Cl2O5/c17-11-7-8(12(18)10-9(11)15(21)23-16(10)22)14(20)6-4-2-1-3-5(6)13(7)19/h1-4H. The van der Waals surface area contributed by atoms with Gasteiger partial charge < -0.3 is 4.42 Å². The fourth-order valence-electron chi connectivity index (χ4n) is 2.83. The summed E-state index contributed by atoms with van der Waals surface area (Å²) in [4.78, 5) is 48.9. The van der Waals surface area contributed by atoms with Crippen molar-refractivity contribution in [1.29, 1.82) is 0 Å². The Bertz CT molecular complexity index is 1250.